The Morgan fingerprint density at radius 3 is 3.19 bits per heavy atom. The lowest BCUT2D eigenvalue weighted by molar-refractivity contribution is 0.192. The van der Waals surface area contributed by atoms with Crippen LogP contribution < -0.4 is 5.32 Å². The van der Waals surface area contributed by atoms with Gasteiger partial charge in [-0.25, -0.2) is 14.8 Å². The lowest BCUT2D eigenvalue weighted by Crippen LogP contribution is -2.40. The summed E-state index contributed by atoms with van der Waals surface area (Å²) in [5.74, 6) is 1.61. The van der Waals surface area contributed by atoms with E-state index in [4.69, 9.17) is 4.98 Å². The van der Waals surface area contributed by atoms with Crippen molar-refractivity contribution in [1.82, 2.24) is 35.4 Å². The van der Waals surface area contributed by atoms with Crippen molar-refractivity contribution in [3.63, 3.8) is 0 Å². The van der Waals surface area contributed by atoms with E-state index in [0.717, 1.165) is 52.7 Å². The molecule has 4 rings (SSSR count). The van der Waals surface area contributed by atoms with Crippen LogP contribution in [0.15, 0.2) is 29.7 Å². The number of benzene rings is 1. The molecule has 0 bridgehead atoms. The molecule has 9 heteroatoms. The smallest absolute Gasteiger partial charge is 0.318 e. The van der Waals surface area contributed by atoms with Crippen LogP contribution in [0.5, 0.6) is 0 Å². The summed E-state index contributed by atoms with van der Waals surface area (Å²) >= 11 is 1.53. The number of imidazole rings is 1. The Balaban J connectivity index is 1.39. The highest BCUT2D eigenvalue weighted by molar-refractivity contribution is 7.99. The van der Waals surface area contributed by atoms with Crippen LogP contribution in [-0.2, 0) is 0 Å². The zero-order valence-corrected chi connectivity index (χ0v) is 15.3. The number of aryl methyl sites for hydroxylation is 1. The molecule has 2 aromatic heterocycles. The molecule has 136 valence electrons. The number of amides is 2. The molecule has 26 heavy (non-hydrogen) atoms. The van der Waals surface area contributed by atoms with Crippen LogP contribution in [0.4, 0.5) is 4.79 Å². The molecule has 8 nitrogen and oxygen atoms in total. The fraction of sp³-hybridized carbons (Fsp3) is 0.412. The monoisotopic (exact) mass is 371 g/mol. The van der Waals surface area contributed by atoms with E-state index >= 15 is 0 Å². The van der Waals surface area contributed by atoms with E-state index in [1.54, 1.807) is 0 Å². The van der Waals surface area contributed by atoms with Crippen LogP contribution in [-0.4, -0.2) is 54.9 Å². The molecule has 3 N–H and O–H groups in total. The summed E-state index contributed by atoms with van der Waals surface area (Å²) in [7, 11) is 0. The number of hydrogen-bond acceptors (Lipinski definition) is 5. The van der Waals surface area contributed by atoms with Crippen molar-refractivity contribution in [2.45, 2.75) is 31.0 Å². The van der Waals surface area contributed by atoms with Crippen LogP contribution >= 0.6 is 11.8 Å². The lowest BCUT2D eigenvalue weighted by Gasteiger charge is -2.23. The number of aromatic amines is 2. The molecule has 0 unspecified atom stereocenters. The molecule has 3 heterocycles. The van der Waals surface area contributed by atoms with E-state index in [9.17, 15) is 4.79 Å². The minimum absolute atomic E-state index is 0.00345. The summed E-state index contributed by atoms with van der Waals surface area (Å²) in [4.78, 5) is 26.7. The predicted octanol–water partition coefficient (Wildman–Crippen LogP) is 2.63. The average Bonchev–Trinajstić information content (AvgIpc) is 3.38. The van der Waals surface area contributed by atoms with Crippen LogP contribution in [0.25, 0.3) is 11.0 Å². The van der Waals surface area contributed by atoms with Gasteiger partial charge in [-0.15, -0.1) is 0 Å². The zero-order chi connectivity index (χ0) is 17.9. The fourth-order valence-electron chi connectivity index (χ4n) is 3.32. The number of likely N-dealkylation sites (tertiary alicyclic amines) is 1. The third-order valence-corrected chi connectivity index (χ3v) is 5.45. The number of rotatable bonds is 5. The predicted molar refractivity (Wildman–Crippen MR) is 100 cm³/mol. The van der Waals surface area contributed by atoms with Crippen LogP contribution in [0, 0.1) is 6.92 Å². The lowest BCUT2D eigenvalue weighted by atomic mass is 10.2. The molecule has 1 aliphatic rings. The van der Waals surface area contributed by atoms with Crippen LogP contribution in [0.1, 0.15) is 30.3 Å². The first-order valence-corrected chi connectivity index (χ1v) is 9.69. The largest absolute Gasteiger partial charge is 0.340 e. The summed E-state index contributed by atoms with van der Waals surface area (Å²) in [6.07, 6.45) is 3.39. The van der Waals surface area contributed by atoms with Crippen molar-refractivity contribution in [2.24, 2.45) is 0 Å². The number of nitrogens with zero attached hydrogens (tertiary/aromatic N) is 4. The van der Waals surface area contributed by atoms with Gasteiger partial charge in [0.05, 0.1) is 17.1 Å². The molecule has 1 aromatic carbocycles. The van der Waals surface area contributed by atoms with Crippen LogP contribution in [0.3, 0.4) is 0 Å². The molecule has 0 saturated carbocycles. The molecule has 0 spiro atoms. The van der Waals surface area contributed by atoms with Gasteiger partial charge in [-0.05, 0) is 31.4 Å². The van der Waals surface area contributed by atoms with Crippen molar-refractivity contribution in [2.75, 3.05) is 18.8 Å². The number of nitrogens with one attached hydrogen (secondary N) is 3. The quantitative estimate of drug-likeness (QED) is 0.473. The Bertz CT molecular complexity index is 892. The summed E-state index contributed by atoms with van der Waals surface area (Å²) < 4.78 is 0. The normalized spacial score (nSPS) is 17.1. The third-order valence-electron chi connectivity index (χ3n) is 4.57. The van der Waals surface area contributed by atoms with Gasteiger partial charge in [0.1, 0.15) is 12.2 Å². The molecule has 0 aliphatic carbocycles. The van der Waals surface area contributed by atoms with Gasteiger partial charge in [0.2, 0.25) is 0 Å². The minimum Gasteiger partial charge on any atom is -0.340 e. The number of urea groups is 1. The van der Waals surface area contributed by atoms with Gasteiger partial charge in [-0.1, -0.05) is 23.9 Å². The van der Waals surface area contributed by atoms with E-state index in [1.807, 2.05) is 17.0 Å². The number of carbonyl (C=O) groups is 1. The van der Waals surface area contributed by atoms with Gasteiger partial charge in [0.25, 0.3) is 0 Å². The topological polar surface area (TPSA) is 103 Å². The van der Waals surface area contributed by atoms with Gasteiger partial charge in [0, 0.05) is 18.8 Å². The molecule has 1 fully saturated rings. The van der Waals surface area contributed by atoms with Crippen molar-refractivity contribution in [3.8, 4) is 0 Å². The molecular formula is C17H21N7OS. The molecule has 1 atom stereocenters. The maximum absolute atomic E-state index is 12.6. The van der Waals surface area contributed by atoms with Gasteiger partial charge in [0.15, 0.2) is 5.16 Å². The second-order valence-corrected chi connectivity index (χ2v) is 7.40. The summed E-state index contributed by atoms with van der Waals surface area (Å²) in [5.41, 5.74) is 3.15. The third kappa shape index (κ3) is 3.39. The van der Waals surface area contributed by atoms with E-state index in [1.165, 1.54) is 18.1 Å². The van der Waals surface area contributed by atoms with E-state index < -0.39 is 0 Å². The highest BCUT2D eigenvalue weighted by Crippen LogP contribution is 2.31. The maximum Gasteiger partial charge on any atom is 0.318 e. The Kier molecular flexibility index (Phi) is 4.79. The second kappa shape index (κ2) is 7.36. The van der Waals surface area contributed by atoms with Crippen molar-refractivity contribution in [1.29, 1.82) is 0 Å². The van der Waals surface area contributed by atoms with Gasteiger partial charge in [-0.2, -0.15) is 5.10 Å². The Morgan fingerprint density at radius 2 is 2.38 bits per heavy atom. The number of para-hydroxylation sites is 1. The zero-order valence-electron chi connectivity index (χ0n) is 14.5. The Labute approximate surface area is 155 Å². The number of carbonyl (C=O) groups excluding carboxylic acids is 1. The molecular weight excluding hydrogens is 350 g/mol. The number of hydrogen-bond donors (Lipinski definition) is 3. The highest BCUT2D eigenvalue weighted by atomic mass is 32.2. The molecule has 3 aromatic rings. The van der Waals surface area contributed by atoms with Crippen molar-refractivity contribution < 1.29 is 4.79 Å². The number of H-pyrrole nitrogens is 2. The first kappa shape index (κ1) is 16.9. The summed E-state index contributed by atoms with van der Waals surface area (Å²) in [6, 6.07) is 6.06. The van der Waals surface area contributed by atoms with Gasteiger partial charge < -0.3 is 15.2 Å². The average molecular weight is 371 g/mol. The second-order valence-electron chi connectivity index (χ2n) is 6.32. The summed E-state index contributed by atoms with van der Waals surface area (Å²) in [6.45, 7) is 3.38. The first-order chi connectivity index (χ1) is 12.7. The fourth-order valence-corrected chi connectivity index (χ4v) is 3.95. The molecule has 2 amide bonds. The summed E-state index contributed by atoms with van der Waals surface area (Å²) in [5, 5.41) is 10.4. The SMILES string of the molecule is Cc1cccc2[nH]c([C@H]3CCCN3C(=O)NCCSc3ncn[nH]3)nc12. The number of fused-ring (bicyclic) bond motifs is 1. The van der Waals surface area contributed by atoms with Crippen molar-refractivity contribution in [3.05, 3.63) is 35.9 Å². The Morgan fingerprint density at radius 1 is 1.46 bits per heavy atom. The van der Waals surface area contributed by atoms with Gasteiger partial charge >= 0.3 is 6.03 Å². The van der Waals surface area contributed by atoms with E-state index in [-0.39, 0.29) is 12.1 Å². The first-order valence-electron chi connectivity index (χ1n) is 8.70. The van der Waals surface area contributed by atoms with E-state index in [2.05, 4.69) is 38.5 Å². The molecule has 1 saturated heterocycles. The number of aromatic nitrogens is 5. The highest BCUT2D eigenvalue weighted by Gasteiger charge is 2.32. The maximum atomic E-state index is 12.6. The Hall–Kier alpha value is -2.55. The minimum atomic E-state index is -0.0390. The van der Waals surface area contributed by atoms with E-state index in [0.29, 0.717) is 6.54 Å². The molecule has 0 radical (unpaired) electrons. The standard InChI is InChI=1S/C17H21N7OS/c1-11-4-2-5-12-14(11)22-15(21-12)13-6-3-8-24(13)17(25)18-7-9-26-16-19-10-20-23-16/h2,4-5,10,13H,3,6-9H2,1H3,(H,18,25)(H,21,22)(H,19,20,23)/t13-/m1/s1. The molecule has 1 aliphatic heterocycles. The number of thioether (sulfide) groups is 1. The van der Waals surface area contributed by atoms with Crippen molar-refractivity contribution >= 4 is 28.8 Å². The van der Waals surface area contributed by atoms with Gasteiger partial charge in [-0.3, -0.25) is 5.10 Å². The van der Waals surface area contributed by atoms with Crippen LogP contribution in [0.2, 0.25) is 0 Å².